The highest BCUT2D eigenvalue weighted by Gasteiger charge is 2.33. The van der Waals surface area contributed by atoms with Crippen molar-refractivity contribution in [3.05, 3.63) is 46.7 Å². The van der Waals surface area contributed by atoms with Crippen LogP contribution in [0.1, 0.15) is 58.6 Å². The number of nitrogens with zero attached hydrogens (tertiary/aromatic N) is 2. The van der Waals surface area contributed by atoms with E-state index in [2.05, 4.69) is 0 Å². The smallest absolute Gasteiger partial charge is 0.354 e. The number of hydrogen-bond acceptors (Lipinski definition) is 5. The Labute approximate surface area is 165 Å². The zero-order chi connectivity index (χ0) is 21.2. The van der Waals surface area contributed by atoms with Crippen molar-refractivity contribution in [3.8, 4) is 0 Å². The zero-order valence-corrected chi connectivity index (χ0v) is 17.5. The molecule has 2 heterocycles. The Morgan fingerprint density at radius 3 is 2.36 bits per heavy atom. The number of esters is 1. The topological polar surface area (TPSA) is 81.8 Å². The first-order chi connectivity index (χ1) is 13.1. The molecular formula is C21H28N2O5. The number of amides is 1. The summed E-state index contributed by atoms with van der Waals surface area (Å²) in [7, 11) is 3.02. The van der Waals surface area contributed by atoms with E-state index in [1.54, 1.807) is 58.4 Å². The minimum absolute atomic E-state index is 0.142. The Morgan fingerprint density at radius 2 is 1.86 bits per heavy atom. The second kappa shape index (κ2) is 8.46. The third kappa shape index (κ3) is 3.88. The van der Waals surface area contributed by atoms with Crippen LogP contribution >= 0.6 is 0 Å². The molecule has 2 aromatic rings. The van der Waals surface area contributed by atoms with Gasteiger partial charge in [-0.3, -0.25) is 9.59 Å². The fourth-order valence-electron chi connectivity index (χ4n) is 3.38. The Hall–Kier alpha value is -2.83. The van der Waals surface area contributed by atoms with E-state index >= 15 is 0 Å². The van der Waals surface area contributed by atoms with Gasteiger partial charge >= 0.3 is 5.97 Å². The molecule has 0 saturated heterocycles. The minimum atomic E-state index is -0.717. The molecule has 0 spiro atoms. The number of furan rings is 1. The number of methoxy groups -OCH3 is 1. The third-order valence-electron chi connectivity index (χ3n) is 5.09. The number of carbonyl (C=O) groups is 3. The Bertz CT molecular complexity index is 877. The van der Waals surface area contributed by atoms with Crippen molar-refractivity contribution >= 4 is 17.7 Å². The highest BCUT2D eigenvalue weighted by atomic mass is 16.5. The molecule has 0 aromatic carbocycles. The second-order valence-corrected chi connectivity index (χ2v) is 7.23. The van der Waals surface area contributed by atoms with E-state index in [4.69, 9.17) is 9.15 Å². The maximum absolute atomic E-state index is 13.4. The number of aromatic nitrogens is 1. The summed E-state index contributed by atoms with van der Waals surface area (Å²) in [6, 6.07) is 2.80. The van der Waals surface area contributed by atoms with Crippen LogP contribution in [0, 0.1) is 19.8 Å². The van der Waals surface area contributed by atoms with Crippen LogP contribution in [0.2, 0.25) is 0 Å². The van der Waals surface area contributed by atoms with Gasteiger partial charge in [-0.2, -0.15) is 0 Å². The van der Waals surface area contributed by atoms with Crippen LogP contribution in [0.3, 0.4) is 0 Å². The number of hydrogen-bond donors (Lipinski definition) is 0. The first kappa shape index (κ1) is 21.5. The molecule has 0 radical (unpaired) electrons. The van der Waals surface area contributed by atoms with Crippen molar-refractivity contribution in [1.82, 2.24) is 9.47 Å². The van der Waals surface area contributed by atoms with Crippen LogP contribution in [-0.2, 0) is 23.1 Å². The molecule has 152 valence electrons. The highest BCUT2D eigenvalue weighted by Crippen LogP contribution is 2.25. The summed E-state index contributed by atoms with van der Waals surface area (Å²) < 4.78 is 11.9. The van der Waals surface area contributed by atoms with Crippen molar-refractivity contribution < 1.29 is 23.5 Å². The molecule has 1 atom stereocenters. The number of ether oxygens (including phenoxy) is 1. The van der Waals surface area contributed by atoms with Gasteiger partial charge in [0.25, 0.3) is 0 Å². The molecule has 0 N–H and O–H groups in total. The lowest BCUT2D eigenvalue weighted by Crippen LogP contribution is -2.44. The first-order valence-electron chi connectivity index (χ1n) is 9.23. The summed E-state index contributed by atoms with van der Waals surface area (Å²) in [6.07, 6.45) is 1.54. The summed E-state index contributed by atoms with van der Waals surface area (Å²) in [6.45, 7) is 8.99. The maximum atomic E-state index is 13.4. The van der Waals surface area contributed by atoms with Crippen LogP contribution in [0.15, 0.2) is 22.8 Å². The highest BCUT2D eigenvalue weighted by molar-refractivity contribution is 6.06. The monoisotopic (exact) mass is 388 g/mol. The Kier molecular flexibility index (Phi) is 6.48. The average Bonchev–Trinajstić information content (AvgIpc) is 3.24. The molecule has 0 unspecified atom stereocenters. The third-order valence-corrected chi connectivity index (χ3v) is 5.09. The molecule has 28 heavy (non-hydrogen) atoms. The van der Waals surface area contributed by atoms with E-state index < -0.39 is 12.0 Å². The normalized spacial score (nSPS) is 12.1. The van der Waals surface area contributed by atoms with E-state index in [0.717, 1.165) is 0 Å². The zero-order valence-electron chi connectivity index (χ0n) is 17.5. The molecule has 0 bridgehead atoms. The van der Waals surface area contributed by atoms with Gasteiger partial charge < -0.3 is 18.6 Å². The quantitative estimate of drug-likeness (QED) is 0.537. The predicted octanol–water partition coefficient (Wildman–Crippen LogP) is 3.28. The maximum Gasteiger partial charge on any atom is 0.354 e. The molecule has 2 aromatic heterocycles. The lowest BCUT2D eigenvalue weighted by molar-refractivity contribution is -0.136. The van der Waals surface area contributed by atoms with Crippen molar-refractivity contribution in [3.63, 3.8) is 0 Å². The van der Waals surface area contributed by atoms with Gasteiger partial charge in [0.1, 0.15) is 11.5 Å². The van der Waals surface area contributed by atoms with E-state index in [9.17, 15) is 14.4 Å². The van der Waals surface area contributed by atoms with Gasteiger partial charge in [0.15, 0.2) is 5.78 Å². The van der Waals surface area contributed by atoms with Crippen LogP contribution in [0.4, 0.5) is 0 Å². The molecule has 0 aliphatic rings. The molecule has 1 amide bonds. The van der Waals surface area contributed by atoms with Gasteiger partial charge in [-0.25, -0.2) is 4.79 Å². The largest absolute Gasteiger partial charge is 0.467 e. The van der Waals surface area contributed by atoms with Gasteiger partial charge in [-0.15, -0.1) is 0 Å². The van der Waals surface area contributed by atoms with Crippen molar-refractivity contribution in [2.45, 2.75) is 47.2 Å². The van der Waals surface area contributed by atoms with Gasteiger partial charge in [0, 0.05) is 24.2 Å². The van der Waals surface area contributed by atoms with Gasteiger partial charge in [-0.1, -0.05) is 13.8 Å². The fraction of sp³-hybridized carbons (Fsp3) is 0.476. The van der Waals surface area contributed by atoms with Crippen LogP contribution in [0.5, 0.6) is 0 Å². The van der Waals surface area contributed by atoms with E-state index in [0.29, 0.717) is 28.3 Å². The molecule has 2 rings (SSSR count). The van der Waals surface area contributed by atoms with E-state index in [-0.39, 0.29) is 24.2 Å². The number of Topliss-reactive ketones (excluding diaryl/α,β-unsaturated/α-hetero) is 1. The lowest BCUT2D eigenvalue weighted by atomic mass is 9.99. The lowest BCUT2D eigenvalue weighted by Gasteiger charge is -2.29. The fourth-order valence-corrected chi connectivity index (χ4v) is 3.38. The molecule has 0 fully saturated rings. The van der Waals surface area contributed by atoms with Gasteiger partial charge in [0.2, 0.25) is 5.91 Å². The summed E-state index contributed by atoms with van der Waals surface area (Å²) in [5.74, 6) is -0.530. The average molecular weight is 388 g/mol. The van der Waals surface area contributed by atoms with Gasteiger partial charge in [0.05, 0.1) is 26.0 Å². The van der Waals surface area contributed by atoms with Crippen LogP contribution < -0.4 is 0 Å². The second-order valence-electron chi connectivity index (χ2n) is 7.23. The summed E-state index contributed by atoms with van der Waals surface area (Å²) in [4.78, 5) is 39.8. The molecule has 0 aliphatic carbocycles. The number of ketones is 1. The predicted molar refractivity (Wildman–Crippen MR) is 104 cm³/mol. The van der Waals surface area contributed by atoms with Crippen LogP contribution in [-0.4, -0.2) is 40.3 Å². The van der Waals surface area contributed by atoms with Crippen molar-refractivity contribution in [2.75, 3.05) is 7.11 Å². The summed E-state index contributed by atoms with van der Waals surface area (Å²) in [5.41, 5.74) is 1.99. The SMILES string of the molecule is COC(=O)c1c(C)c(C(=O)[C@H](C)N(Cc2ccco2)C(=O)C(C)C)c(C)n1C. The Balaban J connectivity index is 2.45. The standard InChI is InChI=1S/C21H28N2O5/c1-12(2)20(25)23(11-16-9-8-10-28-16)15(5)19(24)17-13(3)18(21(26)27-7)22(6)14(17)4/h8-10,12,15H,11H2,1-7H3/t15-/m0/s1. The minimum Gasteiger partial charge on any atom is -0.467 e. The molecule has 7 nitrogen and oxygen atoms in total. The number of carbonyl (C=O) groups excluding carboxylic acids is 3. The first-order valence-corrected chi connectivity index (χ1v) is 9.23. The van der Waals surface area contributed by atoms with E-state index in [1.807, 2.05) is 0 Å². The van der Waals surface area contributed by atoms with Crippen molar-refractivity contribution in [1.29, 1.82) is 0 Å². The molecule has 0 saturated carbocycles. The molecule has 7 heteroatoms. The van der Waals surface area contributed by atoms with E-state index in [1.165, 1.54) is 18.3 Å². The Morgan fingerprint density at radius 1 is 1.21 bits per heavy atom. The summed E-state index contributed by atoms with van der Waals surface area (Å²) >= 11 is 0. The van der Waals surface area contributed by atoms with Crippen molar-refractivity contribution in [2.24, 2.45) is 13.0 Å². The molecule has 0 aliphatic heterocycles. The number of rotatable bonds is 7. The molecular weight excluding hydrogens is 360 g/mol. The van der Waals surface area contributed by atoms with Crippen LogP contribution in [0.25, 0.3) is 0 Å². The van der Waals surface area contributed by atoms with Gasteiger partial charge in [-0.05, 0) is 38.5 Å². The summed E-state index contributed by atoms with van der Waals surface area (Å²) in [5, 5.41) is 0.